The summed E-state index contributed by atoms with van der Waals surface area (Å²) in [6.45, 7) is 3.89. The predicted octanol–water partition coefficient (Wildman–Crippen LogP) is 3.90. The average Bonchev–Trinajstić information content (AvgIpc) is 2.52. The Morgan fingerprint density at radius 1 is 1.24 bits per heavy atom. The Labute approximate surface area is 124 Å². The molecule has 2 rings (SSSR count). The first-order valence-electron chi connectivity index (χ1n) is 6.90. The van der Waals surface area contributed by atoms with Crippen LogP contribution < -0.4 is 4.74 Å². The lowest BCUT2D eigenvalue weighted by Gasteiger charge is -2.12. The van der Waals surface area contributed by atoms with E-state index in [1.807, 2.05) is 43.3 Å². The van der Waals surface area contributed by atoms with Gasteiger partial charge in [-0.15, -0.1) is 0 Å². The minimum absolute atomic E-state index is 0.0852. The molecule has 2 aromatic rings. The highest BCUT2D eigenvalue weighted by molar-refractivity contribution is 5.98. The highest BCUT2D eigenvalue weighted by atomic mass is 16.5. The number of benzene rings is 2. The zero-order valence-corrected chi connectivity index (χ0v) is 12.2. The van der Waals surface area contributed by atoms with Gasteiger partial charge in [-0.25, -0.2) is 0 Å². The molecule has 0 unspecified atom stereocenters. The molecular formula is C18H17NO2. The molecule has 0 aliphatic heterocycles. The van der Waals surface area contributed by atoms with E-state index in [4.69, 9.17) is 4.74 Å². The molecule has 0 aliphatic carbocycles. The van der Waals surface area contributed by atoms with Crippen LogP contribution in [0.1, 0.15) is 40.9 Å². The Bertz CT molecular complexity index is 684. The molecule has 106 valence electrons. The number of nitrogens with zero attached hydrogens (tertiary/aromatic N) is 1. The standard InChI is InChI=1S/C18H17NO2/c1-3-15-9-17(10-16(11-19)18(15)13(2)20)21-12-14-7-5-4-6-8-14/h4-10H,3,12H2,1-2H3. The molecule has 0 N–H and O–H groups in total. The van der Waals surface area contributed by atoms with Gasteiger partial charge >= 0.3 is 0 Å². The van der Waals surface area contributed by atoms with Gasteiger partial charge in [-0.05, 0) is 36.6 Å². The number of ether oxygens (including phenoxy) is 1. The predicted molar refractivity (Wildman–Crippen MR) is 81.3 cm³/mol. The third kappa shape index (κ3) is 3.49. The van der Waals surface area contributed by atoms with E-state index < -0.39 is 0 Å². The third-order valence-electron chi connectivity index (χ3n) is 3.30. The number of carbonyl (C=O) groups is 1. The summed E-state index contributed by atoms with van der Waals surface area (Å²) in [6.07, 6.45) is 0.687. The van der Waals surface area contributed by atoms with E-state index in [1.165, 1.54) is 6.92 Å². The molecule has 0 aliphatic rings. The fraction of sp³-hybridized carbons (Fsp3) is 0.222. The maximum Gasteiger partial charge on any atom is 0.161 e. The van der Waals surface area contributed by atoms with Gasteiger partial charge in [0.1, 0.15) is 18.4 Å². The average molecular weight is 279 g/mol. The van der Waals surface area contributed by atoms with Gasteiger partial charge in [0.15, 0.2) is 5.78 Å². The number of carbonyl (C=O) groups excluding carboxylic acids is 1. The molecule has 0 aromatic heterocycles. The molecule has 0 heterocycles. The van der Waals surface area contributed by atoms with Crippen LogP contribution in [0, 0.1) is 11.3 Å². The van der Waals surface area contributed by atoms with Crippen molar-refractivity contribution in [3.63, 3.8) is 0 Å². The number of rotatable bonds is 5. The van der Waals surface area contributed by atoms with Gasteiger partial charge in [-0.3, -0.25) is 4.79 Å². The van der Waals surface area contributed by atoms with Crippen molar-refractivity contribution < 1.29 is 9.53 Å². The molecule has 2 aromatic carbocycles. The van der Waals surface area contributed by atoms with Crippen LogP contribution in [-0.2, 0) is 13.0 Å². The summed E-state index contributed by atoms with van der Waals surface area (Å²) in [5, 5.41) is 9.24. The topological polar surface area (TPSA) is 50.1 Å². The first kappa shape index (κ1) is 14.8. The van der Waals surface area contributed by atoms with E-state index in [1.54, 1.807) is 6.07 Å². The van der Waals surface area contributed by atoms with Crippen molar-refractivity contribution in [1.29, 1.82) is 5.26 Å². The highest BCUT2D eigenvalue weighted by Crippen LogP contribution is 2.24. The molecular weight excluding hydrogens is 262 g/mol. The van der Waals surface area contributed by atoms with Crippen LogP contribution in [0.15, 0.2) is 42.5 Å². The van der Waals surface area contributed by atoms with E-state index in [2.05, 4.69) is 6.07 Å². The number of nitriles is 1. The largest absolute Gasteiger partial charge is 0.489 e. The second-order valence-corrected chi connectivity index (χ2v) is 4.80. The maximum absolute atomic E-state index is 11.7. The second kappa shape index (κ2) is 6.71. The molecule has 0 bridgehead atoms. The molecule has 0 spiro atoms. The van der Waals surface area contributed by atoms with Crippen LogP contribution >= 0.6 is 0 Å². The van der Waals surface area contributed by atoms with Gasteiger partial charge in [0.05, 0.1) is 5.56 Å². The number of hydrogen-bond donors (Lipinski definition) is 0. The minimum Gasteiger partial charge on any atom is -0.489 e. The summed E-state index contributed by atoms with van der Waals surface area (Å²) in [5.41, 5.74) is 2.80. The lowest BCUT2D eigenvalue weighted by Crippen LogP contribution is -2.04. The van der Waals surface area contributed by atoms with Crippen molar-refractivity contribution in [2.75, 3.05) is 0 Å². The zero-order valence-electron chi connectivity index (χ0n) is 12.2. The summed E-state index contributed by atoms with van der Waals surface area (Å²) < 4.78 is 5.75. The molecule has 0 amide bonds. The van der Waals surface area contributed by atoms with E-state index in [9.17, 15) is 10.1 Å². The summed E-state index contributed by atoms with van der Waals surface area (Å²) in [5.74, 6) is 0.537. The van der Waals surface area contributed by atoms with Crippen LogP contribution in [0.5, 0.6) is 5.75 Å². The Kier molecular flexibility index (Phi) is 4.73. The number of ketones is 1. The molecule has 0 saturated carbocycles. The normalized spacial score (nSPS) is 9.95. The summed E-state index contributed by atoms with van der Waals surface area (Å²) in [4.78, 5) is 11.7. The smallest absolute Gasteiger partial charge is 0.161 e. The van der Waals surface area contributed by atoms with Crippen LogP contribution in [0.2, 0.25) is 0 Å². The van der Waals surface area contributed by atoms with Crippen LogP contribution in [-0.4, -0.2) is 5.78 Å². The van der Waals surface area contributed by atoms with Gasteiger partial charge in [-0.2, -0.15) is 5.26 Å². The minimum atomic E-state index is -0.0852. The molecule has 3 nitrogen and oxygen atoms in total. The SMILES string of the molecule is CCc1cc(OCc2ccccc2)cc(C#N)c1C(C)=O. The summed E-state index contributed by atoms with van der Waals surface area (Å²) in [7, 11) is 0. The van der Waals surface area contributed by atoms with Crippen molar-refractivity contribution in [3.05, 3.63) is 64.7 Å². The van der Waals surface area contributed by atoms with Crippen molar-refractivity contribution in [1.82, 2.24) is 0 Å². The lowest BCUT2D eigenvalue weighted by molar-refractivity contribution is 0.101. The van der Waals surface area contributed by atoms with Crippen molar-refractivity contribution in [3.8, 4) is 11.8 Å². The van der Waals surface area contributed by atoms with Crippen molar-refractivity contribution >= 4 is 5.78 Å². The molecule has 0 fully saturated rings. The van der Waals surface area contributed by atoms with Gasteiger partial charge in [0.25, 0.3) is 0 Å². The molecule has 21 heavy (non-hydrogen) atoms. The van der Waals surface area contributed by atoms with Gasteiger partial charge in [0.2, 0.25) is 0 Å². The summed E-state index contributed by atoms with van der Waals surface area (Å²) in [6, 6.07) is 15.4. The fourth-order valence-corrected chi connectivity index (χ4v) is 2.28. The second-order valence-electron chi connectivity index (χ2n) is 4.80. The monoisotopic (exact) mass is 279 g/mol. The van der Waals surface area contributed by atoms with Crippen molar-refractivity contribution in [2.45, 2.75) is 26.9 Å². The Morgan fingerprint density at radius 3 is 2.52 bits per heavy atom. The van der Waals surface area contributed by atoms with Crippen LogP contribution in [0.3, 0.4) is 0 Å². The van der Waals surface area contributed by atoms with Gasteiger partial charge in [0, 0.05) is 5.56 Å². The van der Waals surface area contributed by atoms with Crippen LogP contribution in [0.4, 0.5) is 0 Å². The highest BCUT2D eigenvalue weighted by Gasteiger charge is 2.14. The first-order chi connectivity index (χ1) is 10.2. The number of aryl methyl sites for hydroxylation is 1. The summed E-state index contributed by atoms with van der Waals surface area (Å²) >= 11 is 0. The molecule has 0 radical (unpaired) electrons. The maximum atomic E-state index is 11.7. The molecule has 0 saturated heterocycles. The number of hydrogen-bond acceptors (Lipinski definition) is 3. The fourth-order valence-electron chi connectivity index (χ4n) is 2.28. The Hall–Kier alpha value is -2.60. The lowest BCUT2D eigenvalue weighted by atomic mass is 9.96. The van der Waals surface area contributed by atoms with Gasteiger partial charge in [-0.1, -0.05) is 37.3 Å². The molecule has 3 heteroatoms. The first-order valence-corrected chi connectivity index (χ1v) is 6.90. The molecule has 0 atom stereocenters. The third-order valence-corrected chi connectivity index (χ3v) is 3.30. The zero-order chi connectivity index (χ0) is 15.2. The Balaban J connectivity index is 2.29. The van der Waals surface area contributed by atoms with E-state index in [-0.39, 0.29) is 5.78 Å². The van der Waals surface area contributed by atoms with Gasteiger partial charge < -0.3 is 4.74 Å². The Morgan fingerprint density at radius 2 is 1.95 bits per heavy atom. The van der Waals surface area contributed by atoms with E-state index >= 15 is 0 Å². The quantitative estimate of drug-likeness (QED) is 0.780. The van der Waals surface area contributed by atoms with E-state index in [0.29, 0.717) is 29.9 Å². The van der Waals surface area contributed by atoms with Crippen molar-refractivity contribution in [2.24, 2.45) is 0 Å². The number of Topliss-reactive ketones (excluding diaryl/α,β-unsaturated/α-hetero) is 1. The van der Waals surface area contributed by atoms with E-state index in [0.717, 1.165) is 11.1 Å². The van der Waals surface area contributed by atoms with Crippen LogP contribution in [0.25, 0.3) is 0 Å².